The van der Waals surface area contributed by atoms with Crippen LogP contribution in [0.4, 0.5) is 0 Å². The van der Waals surface area contributed by atoms with Gasteiger partial charge in [0.25, 0.3) is 0 Å². The van der Waals surface area contributed by atoms with Crippen LogP contribution < -0.4 is 0 Å². The van der Waals surface area contributed by atoms with Gasteiger partial charge >= 0.3 is 0 Å². The SMILES string of the molecule is CC(C)(C)c1cc2ccc(CC(C)(C)c3nc4cccc(Cl)c4o3)cc2s1. The fraction of sp³-hybridized carbons (Fsp3) is 0.348. The number of hydrogen-bond acceptors (Lipinski definition) is 3. The quantitative estimate of drug-likeness (QED) is 0.357. The lowest BCUT2D eigenvalue weighted by molar-refractivity contribution is 0.381. The van der Waals surface area contributed by atoms with E-state index >= 15 is 0 Å². The Morgan fingerprint density at radius 2 is 1.81 bits per heavy atom. The van der Waals surface area contributed by atoms with Gasteiger partial charge in [-0.05, 0) is 47.1 Å². The summed E-state index contributed by atoms with van der Waals surface area (Å²) in [6.45, 7) is 11.1. The topological polar surface area (TPSA) is 26.0 Å². The Bertz CT molecular complexity index is 1130. The lowest BCUT2D eigenvalue weighted by Gasteiger charge is -2.20. The number of para-hydroxylation sites is 1. The Labute approximate surface area is 169 Å². The number of fused-ring (bicyclic) bond motifs is 2. The van der Waals surface area contributed by atoms with Gasteiger partial charge in [-0.25, -0.2) is 4.98 Å². The van der Waals surface area contributed by atoms with Crippen molar-refractivity contribution in [3.05, 3.63) is 63.8 Å². The van der Waals surface area contributed by atoms with Gasteiger partial charge in [0.2, 0.25) is 5.89 Å². The third-order valence-corrected chi connectivity index (χ3v) is 6.74. The van der Waals surface area contributed by atoms with E-state index in [-0.39, 0.29) is 10.8 Å². The summed E-state index contributed by atoms with van der Waals surface area (Å²) in [6.07, 6.45) is 0.857. The number of thiophene rings is 1. The summed E-state index contributed by atoms with van der Waals surface area (Å²) in [5.41, 5.74) is 2.74. The Hall–Kier alpha value is -1.84. The lowest BCUT2D eigenvalue weighted by Crippen LogP contribution is -2.20. The molecule has 0 aliphatic heterocycles. The van der Waals surface area contributed by atoms with Crippen molar-refractivity contribution in [1.29, 1.82) is 0 Å². The highest BCUT2D eigenvalue weighted by atomic mass is 35.5. The minimum Gasteiger partial charge on any atom is -0.439 e. The monoisotopic (exact) mass is 397 g/mol. The van der Waals surface area contributed by atoms with Crippen LogP contribution in [0.2, 0.25) is 5.02 Å². The highest BCUT2D eigenvalue weighted by molar-refractivity contribution is 7.19. The van der Waals surface area contributed by atoms with Crippen molar-refractivity contribution in [3.63, 3.8) is 0 Å². The predicted molar refractivity (Wildman–Crippen MR) is 116 cm³/mol. The minimum atomic E-state index is -0.222. The van der Waals surface area contributed by atoms with E-state index in [4.69, 9.17) is 21.0 Å². The highest BCUT2D eigenvalue weighted by Gasteiger charge is 2.28. The average molecular weight is 398 g/mol. The maximum atomic E-state index is 6.25. The molecule has 0 saturated carbocycles. The smallest absolute Gasteiger partial charge is 0.201 e. The first-order valence-electron chi connectivity index (χ1n) is 9.22. The molecule has 0 unspecified atom stereocenters. The normalized spacial score (nSPS) is 13.0. The van der Waals surface area contributed by atoms with Crippen molar-refractivity contribution >= 4 is 44.1 Å². The summed E-state index contributed by atoms with van der Waals surface area (Å²) in [7, 11) is 0. The fourth-order valence-electron chi connectivity index (χ4n) is 3.35. The summed E-state index contributed by atoms with van der Waals surface area (Å²) >= 11 is 8.14. The van der Waals surface area contributed by atoms with Crippen molar-refractivity contribution in [2.75, 3.05) is 0 Å². The maximum absolute atomic E-state index is 6.25. The summed E-state index contributed by atoms with van der Waals surface area (Å²) < 4.78 is 7.37. The van der Waals surface area contributed by atoms with Gasteiger partial charge in [-0.3, -0.25) is 0 Å². The number of benzene rings is 2. The molecule has 2 aromatic heterocycles. The summed E-state index contributed by atoms with van der Waals surface area (Å²) in [5.74, 6) is 0.729. The average Bonchev–Trinajstić information content (AvgIpc) is 3.18. The Kier molecular flexibility index (Phi) is 4.36. The second kappa shape index (κ2) is 6.35. The number of rotatable bonds is 3. The van der Waals surface area contributed by atoms with Crippen LogP contribution in [0.25, 0.3) is 21.2 Å². The standard InChI is InChI=1S/C23H24ClNOS/c1-22(2,3)19-12-15-10-9-14(11-18(15)27-19)13-23(4,5)21-25-17-8-6-7-16(24)20(17)26-21/h6-12H,13H2,1-5H3. The summed E-state index contributed by atoms with van der Waals surface area (Å²) in [4.78, 5) is 6.11. The van der Waals surface area contributed by atoms with Crippen molar-refractivity contribution in [1.82, 2.24) is 4.98 Å². The third kappa shape index (κ3) is 3.51. The van der Waals surface area contributed by atoms with Gasteiger partial charge in [-0.2, -0.15) is 0 Å². The Balaban J connectivity index is 1.67. The molecule has 4 aromatic rings. The number of aromatic nitrogens is 1. The Morgan fingerprint density at radius 3 is 2.52 bits per heavy atom. The van der Waals surface area contributed by atoms with Gasteiger partial charge < -0.3 is 4.42 Å². The third-order valence-electron chi connectivity index (χ3n) is 4.92. The van der Waals surface area contributed by atoms with E-state index in [2.05, 4.69) is 58.9 Å². The molecule has 0 fully saturated rings. The van der Waals surface area contributed by atoms with Crippen molar-refractivity contribution < 1.29 is 4.42 Å². The first-order valence-corrected chi connectivity index (χ1v) is 10.4. The van der Waals surface area contributed by atoms with Crippen LogP contribution in [0, 0.1) is 0 Å². The van der Waals surface area contributed by atoms with Crippen LogP contribution in [0.5, 0.6) is 0 Å². The zero-order valence-electron chi connectivity index (χ0n) is 16.4. The summed E-state index contributed by atoms with van der Waals surface area (Å²) in [5, 5.41) is 1.93. The molecule has 0 atom stereocenters. The van der Waals surface area contributed by atoms with E-state index < -0.39 is 0 Å². The Morgan fingerprint density at radius 1 is 1.04 bits per heavy atom. The molecule has 4 rings (SSSR count). The summed E-state index contributed by atoms with van der Waals surface area (Å²) in [6, 6.07) is 14.8. The van der Waals surface area contributed by atoms with E-state index in [1.807, 2.05) is 29.5 Å². The van der Waals surface area contributed by atoms with E-state index in [9.17, 15) is 0 Å². The van der Waals surface area contributed by atoms with Gasteiger partial charge in [0.1, 0.15) is 5.52 Å². The first kappa shape index (κ1) is 18.5. The van der Waals surface area contributed by atoms with E-state index in [0.717, 1.165) is 17.8 Å². The van der Waals surface area contributed by atoms with Gasteiger partial charge in [-0.1, -0.05) is 64.4 Å². The predicted octanol–water partition coefficient (Wildman–Crippen LogP) is 7.51. The van der Waals surface area contributed by atoms with Crippen LogP contribution in [0.15, 0.2) is 46.9 Å². The molecule has 2 nitrogen and oxygen atoms in total. The molecule has 140 valence electrons. The van der Waals surface area contributed by atoms with Crippen LogP contribution in [-0.4, -0.2) is 4.98 Å². The van der Waals surface area contributed by atoms with Crippen LogP contribution in [0.1, 0.15) is 51.0 Å². The van der Waals surface area contributed by atoms with Crippen LogP contribution >= 0.6 is 22.9 Å². The van der Waals surface area contributed by atoms with Gasteiger partial charge in [0.05, 0.1) is 5.02 Å². The molecule has 0 amide bonds. The molecule has 0 bridgehead atoms. The molecule has 0 N–H and O–H groups in total. The van der Waals surface area contributed by atoms with Crippen molar-refractivity contribution in [2.24, 2.45) is 0 Å². The molecule has 0 spiro atoms. The molecule has 0 saturated heterocycles. The number of nitrogens with zero attached hydrogens (tertiary/aromatic N) is 1. The van der Waals surface area contributed by atoms with Crippen LogP contribution in [0.3, 0.4) is 0 Å². The highest BCUT2D eigenvalue weighted by Crippen LogP contribution is 2.37. The maximum Gasteiger partial charge on any atom is 0.201 e. The molecule has 0 aliphatic carbocycles. The second-order valence-electron chi connectivity index (χ2n) is 8.90. The van der Waals surface area contributed by atoms with E-state index in [1.165, 1.54) is 20.5 Å². The molecule has 2 aromatic carbocycles. The minimum absolute atomic E-state index is 0.181. The molecule has 0 radical (unpaired) electrons. The number of halogens is 1. The molecule has 2 heterocycles. The van der Waals surface area contributed by atoms with Gasteiger partial charge in [0, 0.05) is 15.0 Å². The fourth-order valence-corrected chi connectivity index (χ4v) is 4.74. The van der Waals surface area contributed by atoms with Crippen molar-refractivity contribution in [3.8, 4) is 0 Å². The zero-order valence-corrected chi connectivity index (χ0v) is 18.0. The van der Waals surface area contributed by atoms with E-state index in [0.29, 0.717) is 10.6 Å². The molecule has 0 aliphatic rings. The number of hydrogen-bond donors (Lipinski definition) is 0. The molecular formula is C23H24ClNOS. The number of oxazole rings is 1. The van der Waals surface area contributed by atoms with Crippen molar-refractivity contribution in [2.45, 2.75) is 51.9 Å². The van der Waals surface area contributed by atoms with Gasteiger partial charge in [-0.15, -0.1) is 11.3 Å². The van der Waals surface area contributed by atoms with Crippen LogP contribution in [-0.2, 0) is 17.3 Å². The lowest BCUT2D eigenvalue weighted by atomic mass is 9.85. The van der Waals surface area contributed by atoms with E-state index in [1.54, 1.807) is 0 Å². The first-order chi connectivity index (χ1) is 12.6. The molecule has 4 heteroatoms. The van der Waals surface area contributed by atoms with Gasteiger partial charge in [0.15, 0.2) is 5.58 Å². The zero-order chi connectivity index (χ0) is 19.4. The molecule has 27 heavy (non-hydrogen) atoms. The largest absolute Gasteiger partial charge is 0.439 e. The molecular weight excluding hydrogens is 374 g/mol. The second-order valence-corrected chi connectivity index (χ2v) is 10.4.